The van der Waals surface area contributed by atoms with E-state index < -0.39 is 24.1 Å². The minimum absolute atomic E-state index is 0.0469. The average Bonchev–Trinajstić information content (AvgIpc) is 3.59. The SMILES string of the molecule is CCOC(=O)C1=C(CN2CCCC(C(F)(F)F)C2)N(C2CC2)C(=O)NC1c1ccccc1. The number of nitrogens with one attached hydrogen (secondary N) is 1. The molecule has 2 unspecified atom stereocenters. The van der Waals surface area contributed by atoms with Crippen LogP contribution in [0.15, 0.2) is 41.6 Å². The van der Waals surface area contributed by atoms with Gasteiger partial charge >= 0.3 is 18.2 Å². The molecule has 1 aromatic rings. The number of carbonyl (C=O) groups excluding carboxylic acids is 2. The second-order valence-electron chi connectivity index (χ2n) is 8.59. The molecule has 6 nitrogen and oxygen atoms in total. The van der Waals surface area contributed by atoms with Crippen molar-refractivity contribution in [3.8, 4) is 0 Å². The first-order chi connectivity index (χ1) is 15.3. The van der Waals surface area contributed by atoms with E-state index in [0.717, 1.165) is 18.4 Å². The first-order valence-corrected chi connectivity index (χ1v) is 11.1. The summed E-state index contributed by atoms with van der Waals surface area (Å²) < 4.78 is 45.5. The van der Waals surface area contributed by atoms with Crippen LogP contribution in [0.1, 0.15) is 44.2 Å². The lowest BCUT2D eigenvalue weighted by atomic mass is 9.93. The van der Waals surface area contributed by atoms with Crippen molar-refractivity contribution in [3.63, 3.8) is 0 Å². The van der Waals surface area contributed by atoms with Crippen LogP contribution < -0.4 is 5.32 Å². The summed E-state index contributed by atoms with van der Waals surface area (Å²) in [5.41, 5.74) is 1.49. The Bertz CT molecular complexity index is 883. The molecule has 4 rings (SSSR count). The third-order valence-corrected chi connectivity index (χ3v) is 6.26. The second kappa shape index (κ2) is 9.13. The van der Waals surface area contributed by atoms with Crippen molar-refractivity contribution in [2.24, 2.45) is 5.92 Å². The topological polar surface area (TPSA) is 61.9 Å². The Morgan fingerprint density at radius 3 is 2.53 bits per heavy atom. The number of urea groups is 1. The lowest BCUT2D eigenvalue weighted by molar-refractivity contribution is -0.186. The molecule has 1 N–H and O–H groups in total. The van der Waals surface area contributed by atoms with Gasteiger partial charge in [-0.1, -0.05) is 30.3 Å². The molecule has 2 heterocycles. The number of ether oxygens (including phenoxy) is 1. The van der Waals surface area contributed by atoms with Crippen LogP contribution >= 0.6 is 0 Å². The standard InChI is InChI=1S/C23H28F3N3O3/c1-2-32-21(30)19-18(14-28-12-6-9-16(13-28)23(24,25)26)29(17-10-11-17)22(31)27-20(19)15-7-4-3-5-8-15/h3-5,7-8,16-17,20H,2,6,9-14H2,1H3,(H,27,31). The Hall–Kier alpha value is -2.55. The molecule has 0 bridgehead atoms. The zero-order valence-corrected chi connectivity index (χ0v) is 18.0. The summed E-state index contributed by atoms with van der Waals surface area (Å²) in [5.74, 6) is -1.95. The Morgan fingerprint density at radius 1 is 1.19 bits per heavy atom. The van der Waals surface area contributed by atoms with Gasteiger partial charge in [-0.25, -0.2) is 9.59 Å². The molecule has 1 saturated carbocycles. The van der Waals surface area contributed by atoms with Crippen LogP contribution in [0.5, 0.6) is 0 Å². The molecule has 2 amide bonds. The molecule has 2 fully saturated rings. The largest absolute Gasteiger partial charge is 0.463 e. The van der Waals surface area contributed by atoms with E-state index in [1.54, 1.807) is 16.7 Å². The van der Waals surface area contributed by atoms with Crippen molar-refractivity contribution in [2.45, 2.75) is 50.9 Å². The third kappa shape index (κ3) is 4.77. The zero-order chi connectivity index (χ0) is 22.9. The van der Waals surface area contributed by atoms with Crippen molar-refractivity contribution in [3.05, 3.63) is 47.2 Å². The number of rotatable bonds is 6. The van der Waals surface area contributed by atoms with Crippen LogP contribution in [0.25, 0.3) is 0 Å². The first-order valence-electron chi connectivity index (χ1n) is 11.1. The van der Waals surface area contributed by atoms with E-state index in [2.05, 4.69) is 5.32 Å². The van der Waals surface area contributed by atoms with Crippen molar-refractivity contribution in [1.82, 2.24) is 15.1 Å². The summed E-state index contributed by atoms with van der Waals surface area (Å²) in [6.07, 6.45) is -2.14. The minimum Gasteiger partial charge on any atom is -0.463 e. The predicted octanol–water partition coefficient (Wildman–Crippen LogP) is 4.01. The Morgan fingerprint density at radius 2 is 1.91 bits per heavy atom. The van der Waals surface area contributed by atoms with Gasteiger partial charge in [0.15, 0.2) is 0 Å². The fourth-order valence-corrected chi connectivity index (χ4v) is 4.58. The molecule has 3 aliphatic rings. The number of piperidine rings is 1. The van der Waals surface area contributed by atoms with E-state index in [1.165, 1.54) is 0 Å². The maximum absolute atomic E-state index is 13.4. The van der Waals surface area contributed by atoms with E-state index in [4.69, 9.17) is 4.74 Å². The van der Waals surface area contributed by atoms with Crippen LogP contribution in [0, 0.1) is 5.92 Å². The molecular formula is C23H28F3N3O3. The molecule has 1 aromatic carbocycles. The number of likely N-dealkylation sites (tertiary alicyclic amines) is 1. The van der Waals surface area contributed by atoms with Gasteiger partial charge in [0.1, 0.15) is 0 Å². The predicted molar refractivity (Wildman–Crippen MR) is 111 cm³/mol. The highest BCUT2D eigenvalue weighted by molar-refractivity contribution is 5.95. The lowest BCUT2D eigenvalue weighted by Crippen LogP contribution is -2.52. The fraction of sp³-hybridized carbons (Fsp3) is 0.565. The number of hydrogen-bond acceptors (Lipinski definition) is 4. The monoisotopic (exact) mass is 451 g/mol. The first kappa shape index (κ1) is 22.6. The van der Waals surface area contributed by atoms with Crippen LogP contribution in [0.4, 0.5) is 18.0 Å². The van der Waals surface area contributed by atoms with E-state index in [9.17, 15) is 22.8 Å². The Balaban J connectivity index is 1.74. The smallest absolute Gasteiger partial charge is 0.393 e. The van der Waals surface area contributed by atoms with Gasteiger partial charge in [0.2, 0.25) is 0 Å². The summed E-state index contributed by atoms with van der Waals surface area (Å²) in [6.45, 7) is 2.32. The van der Waals surface area contributed by atoms with Crippen LogP contribution in [0.3, 0.4) is 0 Å². The fourth-order valence-electron chi connectivity index (χ4n) is 4.58. The number of esters is 1. The number of halogens is 3. The van der Waals surface area contributed by atoms with Gasteiger partial charge in [-0.2, -0.15) is 13.2 Å². The molecule has 0 spiro atoms. The van der Waals surface area contributed by atoms with Gasteiger partial charge in [0, 0.05) is 24.8 Å². The van der Waals surface area contributed by atoms with Crippen LogP contribution in [-0.4, -0.2) is 60.3 Å². The highest BCUT2D eigenvalue weighted by atomic mass is 19.4. The maximum Gasteiger partial charge on any atom is 0.393 e. The normalized spacial score (nSPS) is 25.0. The van der Waals surface area contributed by atoms with Crippen molar-refractivity contribution < 1.29 is 27.5 Å². The molecule has 1 saturated heterocycles. The number of amides is 2. The van der Waals surface area contributed by atoms with E-state index in [0.29, 0.717) is 24.2 Å². The third-order valence-electron chi connectivity index (χ3n) is 6.26. The molecule has 2 aliphatic heterocycles. The highest BCUT2D eigenvalue weighted by Crippen LogP contribution is 2.40. The minimum atomic E-state index is -4.26. The molecule has 1 aliphatic carbocycles. The van der Waals surface area contributed by atoms with Gasteiger partial charge in [-0.05, 0) is 44.7 Å². The zero-order valence-electron chi connectivity index (χ0n) is 18.0. The summed E-state index contributed by atoms with van der Waals surface area (Å²) in [4.78, 5) is 29.5. The summed E-state index contributed by atoms with van der Waals surface area (Å²) >= 11 is 0. The van der Waals surface area contributed by atoms with Crippen molar-refractivity contribution >= 4 is 12.0 Å². The quantitative estimate of drug-likeness (QED) is 0.664. The average molecular weight is 451 g/mol. The lowest BCUT2D eigenvalue weighted by Gasteiger charge is -2.40. The number of hydrogen-bond donors (Lipinski definition) is 1. The number of alkyl halides is 3. The number of nitrogens with zero attached hydrogens (tertiary/aromatic N) is 2. The van der Waals surface area contributed by atoms with Gasteiger partial charge < -0.3 is 10.1 Å². The van der Waals surface area contributed by atoms with Crippen molar-refractivity contribution in [2.75, 3.05) is 26.2 Å². The Labute approximate surface area is 185 Å². The Kier molecular flexibility index (Phi) is 6.46. The van der Waals surface area contributed by atoms with Crippen molar-refractivity contribution in [1.29, 1.82) is 0 Å². The second-order valence-corrected chi connectivity index (χ2v) is 8.59. The molecule has 174 valence electrons. The summed E-state index contributed by atoms with van der Waals surface area (Å²) in [7, 11) is 0. The van der Waals surface area contributed by atoms with E-state index in [1.807, 2.05) is 30.3 Å². The molecule has 2 atom stereocenters. The van der Waals surface area contributed by atoms with Gasteiger partial charge in [0.05, 0.1) is 24.1 Å². The molecule has 32 heavy (non-hydrogen) atoms. The van der Waals surface area contributed by atoms with E-state index in [-0.39, 0.29) is 38.2 Å². The van der Waals surface area contributed by atoms with Gasteiger partial charge in [-0.15, -0.1) is 0 Å². The van der Waals surface area contributed by atoms with Crippen LogP contribution in [-0.2, 0) is 9.53 Å². The molecular weight excluding hydrogens is 423 g/mol. The number of benzene rings is 1. The molecule has 9 heteroatoms. The highest BCUT2D eigenvalue weighted by Gasteiger charge is 2.46. The molecule has 0 aromatic heterocycles. The number of carbonyl (C=O) groups is 2. The van der Waals surface area contributed by atoms with Gasteiger partial charge in [0.25, 0.3) is 0 Å². The summed E-state index contributed by atoms with van der Waals surface area (Å²) in [5, 5.41) is 2.92. The maximum atomic E-state index is 13.4. The van der Waals surface area contributed by atoms with Gasteiger partial charge in [-0.3, -0.25) is 9.80 Å². The summed E-state index contributed by atoms with van der Waals surface area (Å²) in [6, 6.07) is 8.01. The van der Waals surface area contributed by atoms with E-state index >= 15 is 0 Å². The molecule has 0 radical (unpaired) electrons. The van der Waals surface area contributed by atoms with Crippen LogP contribution in [0.2, 0.25) is 0 Å².